The van der Waals surface area contributed by atoms with Crippen molar-refractivity contribution in [3.05, 3.63) is 53.6 Å². The SMILES string of the molecule is COc1ccc(CC(=O)N2CCN(C(=O)c3ccc(OC)c(OC)c3)CC2)cc1. The number of amides is 2. The van der Waals surface area contributed by atoms with E-state index in [2.05, 4.69) is 0 Å². The van der Waals surface area contributed by atoms with E-state index in [-0.39, 0.29) is 11.8 Å². The summed E-state index contributed by atoms with van der Waals surface area (Å²) in [6.07, 6.45) is 0.341. The second kappa shape index (κ2) is 9.32. The highest BCUT2D eigenvalue weighted by atomic mass is 16.5. The van der Waals surface area contributed by atoms with Gasteiger partial charge in [-0.2, -0.15) is 0 Å². The molecule has 0 atom stereocenters. The van der Waals surface area contributed by atoms with Crippen LogP contribution in [-0.2, 0) is 11.2 Å². The fourth-order valence-electron chi connectivity index (χ4n) is 3.34. The number of hydrogen-bond donors (Lipinski definition) is 0. The van der Waals surface area contributed by atoms with Crippen LogP contribution in [0.1, 0.15) is 15.9 Å². The van der Waals surface area contributed by atoms with Crippen molar-refractivity contribution in [1.29, 1.82) is 0 Å². The molecule has 1 fully saturated rings. The Balaban J connectivity index is 1.56. The Bertz CT molecular complexity index is 858. The number of hydrogen-bond acceptors (Lipinski definition) is 5. The number of methoxy groups -OCH3 is 3. The monoisotopic (exact) mass is 398 g/mol. The van der Waals surface area contributed by atoms with E-state index in [1.54, 1.807) is 44.4 Å². The number of benzene rings is 2. The molecular formula is C22H26N2O5. The van der Waals surface area contributed by atoms with E-state index in [0.717, 1.165) is 11.3 Å². The molecule has 1 aliphatic rings. The van der Waals surface area contributed by atoms with Crippen molar-refractivity contribution < 1.29 is 23.8 Å². The van der Waals surface area contributed by atoms with Gasteiger partial charge in [-0.1, -0.05) is 12.1 Å². The molecule has 154 valence electrons. The van der Waals surface area contributed by atoms with E-state index in [1.807, 2.05) is 29.2 Å². The normalized spacial score (nSPS) is 13.8. The molecule has 2 amide bonds. The van der Waals surface area contributed by atoms with E-state index in [0.29, 0.717) is 49.7 Å². The molecular weight excluding hydrogens is 372 g/mol. The first-order chi connectivity index (χ1) is 14.0. The van der Waals surface area contributed by atoms with Crippen LogP contribution in [0.2, 0.25) is 0 Å². The number of ether oxygens (including phenoxy) is 3. The molecule has 7 heteroatoms. The quantitative estimate of drug-likeness (QED) is 0.747. The number of rotatable bonds is 6. The molecule has 0 saturated carbocycles. The number of piperazine rings is 1. The van der Waals surface area contributed by atoms with Gasteiger partial charge in [0.2, 0.25) is 5.91 Å². The third-order valence-corrected chi connectivity index (χ3v) is 5.06. The minimum absolute atomic E-state index is 0.0633. The smallest absolute Gasteiger partial charge is 0.254 e. The van der Waals surface area contributed by atoms with Crippen LogP contribution in [0, 0.1) is 0 Å². The fraction of sp³-hybridized carbons (Fsp3) is 0.364. The van der Waals surface area contributed by atoms with Crippen molar-refractivity contribution in [3.8, 4) is 17.2 Å². The predicted molar refractivity (Wildman–Crippen MR) is 109 cm³/mol. The maximum Gasteiger partial charge on any atom is 0.254 e. The molecule has 7 nitrogen and oxygen atoms in total. The van der Waals surface area contributed by atoms with Crippen LogP contribution in [0.25, 0.3) is 0 Å². The third-order valence-electron chi connectivity index (χ3n) is 5.06. The summed E-state index contributed by atoms with van der Waals surface area (Å²) in [5, 5.41) is 0. The van der Waals surface area contributed by atoms with Crippen LogP contribution in [0.3, 0.4) is 0 Å². The topological polar surface area (TPSA) is 68.3 Å². The molecule has 2 aromatic rings. The van der Waals surface area contributed by atoms with Crippen LogP contribution in [-0.4, -0.2) is 69.1 Å². The van der Waals surface area contributed by atoms with Crippen LogP contribution in [0.4, 0.5) is 0 Å². The summed E-state index contributed by atoms with van der Waals surface area (Å²) >= 11 is 0. The molecule has 0 spiro atoms. The molecule has 0 bridgehead atoms. The summed E-state index contributed by atoms with van der Waals surface area (Å²) in [5.74, 6) is 1.86. The Hall–Kier alpha value is -3.22. The van der Waals surface area contributed by atoms with Crippen molar-refractivity contribution in [1.82, 2.24) is 9.80 Å². The van der Waals surface area contributed by atoms with Gasteiger partial charge in [0, 0.05) is 31.7 Å². The first-order valence-electron chi connectivity index (χ1n) is 9.47. The average Bonchev–Trinajstić information content (AvgIpc) is 2.78. The molecule has 0 aliphatic carbocycles. The Morgan fingerprint density at radius 1 is 0.793 bits per heavy atom. The zero-order valence-electron chi connectivity index (χ0n) is 17.0. The van der Waals surface area contributed by atoms with Crippen LogP contribution in [0.5, 0.6) is 17.2 Å². The van der Waals surface area contributed by atoms with Gasteiger partial charge in [0.1, 0.15) is 5.75 Å². The van der Waals surface area contributed by atoms with Gasteiger partial charge in [-0.25, -0.2) is 0 Å². The molecule has 0 N–H and O–H groups in total. The summed E-state index contributed by atoms with van der Waals surface area (Å²) in [7, 11) is 4.71. The van der Waals surface area contributed by atoms with Gasteiger partial charge < -0.3 is 24.0 Å². The Labute approximate surface area is 170 Å². The Morgan fingerprint density at radius 2 is 1.41 bits per heavy atom. The summed E-state index contributed by atoms with van der Waals surface area (Å²) < 4.78 is 15.6. The van der Waals surface area contributed by atoms with Gasteiger partial charge in [-0.15, -0.1) is 0 Å². The third kappa shape index (κ3) is 4.80. The lowest BCUT2D eigenvalue weighted by atomic mass is 10.1. The molecule has 0 unspecified atom stereocenters. The van der Waals surface area contributed by atoms with Gasteiger partial charge in [0.25, 0.3) is 5.91 Å². The van der Waals surface area contributed by atoms with Crippen LogP contribution in [0.15, 0.2) is 42.5 Å². The molecule has 1 saturated heterocycles. The van der Waals surface area contributed by atoms with E-state index in [4.69, 9.17) is 14.2 Å². The number of nitrogens with zero attached hydrogens (tertiary/aromatic N) is 2. The van der Waals surface area contributed by atoms with Crippen molar-refractivity contribution >= 4 is 11.8 Å². The highest BCUT2D eigenvalue weighted by Gasteiger charge is 2.25. The summed E-state index contributed by atoms with van der Waals surface area (Å²) in [4.78, 5) is 29.0. The van der Waals surface area contributed by atoms with E-state index in [1.165, 1.54) is 0 Å². The van der Waals surface area contributed by atoms with E-state index in [9.17, 15) is 9.59 Å². The molecule has 0 radical (unpaired) electrons. The first kappa shape index (κ1) is 20.5. The van der Waals surface area contributed by atoms with Crippen LogP contribution < -0.4 is 14.2 Å². The van der Waals surface area contributed by atoms with Gasteiger partial charge in [0.15, 0.2) is 11.5 Å². The largest absolute Gasteiger partial charge is 0.497 e. The second-order valence-electron chi connectivity index (χ2n) is 6.77. The fourth-order valence-corrected chi connectivity index (χ4v) is 3.34. The van der Waals surface area contributed by atoms with Gasteiger partial charge in [-0.05, 0) is 35.9 Å². The molecule has 29 heavy (non-hydrogen) atoms. The van der Waals surface area contributed by atoms with Crippen LogP contribution >= 0.6 is 0 Å². The van der Waals surface area contributed by atoms with Gasteiger partial charge >= 0.3 is 0 Å². The first-order valence-corrected chi connectivity index (χ1v) is 9.47. The molecule has 0 aromatic heterocycles. The minimum atomic E-state index is -0.0757. The number of carbonyl (C=O) groups excluding carboxylic acids is 2. The second-order valence-corrected chi connectivity index (χ2v) is 6.77. The Kier molecular flexibility index (Phi) is 6.59. The van der Waals surface area contributed by atoms with Crippen molar-refractivity contribution in [2.45, 2.75) is 6.42 Å². The summed E-state index contributed by atoms with van der Waals surface area (Å²) in [6.45, 7) is 2.05. The number of carbonyl (C=O) groups is 2. The lowest BCUT2D eigenvalue weighted by molar-refractivity contribution is -0.131. The molecule has 3 rings (SSSR count). The van der Waals surface area contributed by atoms with Crippen molar-refractivity contribution in [2.24, 2.45) is 0 Å². The van der Waals surface area contributed by atoms with Gasteiger partial charge in [0.05, 0.1) is 27.8 Å². The van der Waals surface area contributed by atoms with E-state index < -0.39 is 0 Å². The maximum atomic E-state index is 12.8. The van der Waals surface area contributed by atoms with Crippen molar-refractivity contribution in [3.63, 3.8) is 0 Å². The zero-order valence-corrected chi connectivity index (χ0v) is 17.0. The highest BCUT2D eigenvalue weighted by molar-refractivity contribution is 5.95. The molecule has 1 heterocycles. The Morgan fingerprint density at radius 3 is 2.00 bits per heavy atom. The summed E-state index contributed by atoms with van der Waals surface area (Å²) in [5.41, 5.74) is 1.49. The minimum Gasteiger partial charge on any atom is -0.497 e. The lowest BCUT2D eigenvalue weighted by Crippen LogP contribution is -2.51. The van der Waals surface area contributed by atoms with Crippen molar-refractivity contribution in [2.75, 3.05) is 47.5 Å². The standard InChI is InChI=1S/C22H26N2O5/c1-27-18-7-4-16(5-8-18)14-21(25)23-10-12-24(13-11-23)22(26)17-6-9-19(28-2)20(15-17)29-3/h4-9,15H,10-14H2,1-3H3. The molecule has 2 aromatic carbocycles. The predicted octanol–water partition coefficient (Wildman–Crippen LogP) is 2.24. The summed E-state index contributed by atoms with van der Waals surface area (Å²) in [6, 6.07) is 12.6. The molecule has 1 aliphatic heterocycles. The zero-order chi connectivity index (χ0) is 20.8. The highest BCUT2D eigenvalue weighted by Crippen LogP contribution is 2.28. The average molecular weight is 398 g/mol. The maximum absolute atomic E-state index is 12.8. The van der Waals surface area contributed by atoms with E-state index >= 15 is 0 Å². The lowest BCUT2D eigenvalue weighted by Gasteiger charge is -2.35. The van der Waals surface area contributed by atoms with Gasteiger partial charge in [-0.3, -0.25) is 9.59 Å².